The van der Waals surface area contributed by atoms with Crippen molar-refractivity contribution < 1.29 is 4.68 Å². The molecule has 0 unspecified atom stereocenters. The van der Waals surface area contributed by atoms with E-state index in [0.717, 1.165) is 11.9 Å². The fourth-order valence-corrected chi connectivity index (χ4v) is 3.64. The van der Waals surface area contributed by atoms with Crippen LogP contribution in [0.3, 0.4) is 0 Å². The molecule has 2 aromatic carbocycles. The summed E-state index contributed by atoms with van der Waals surface area (Å²) in [6, 6.07) is 5.95. The lowest BCUT2D eigenvalue weighted by Crippen LogP contribution is -2.36. The summed E-state index contributed by atoms with van der Waals surface area (Å²) in [5, 5.41) is 1.13. The van der Waals surface area contributed by atoms with Gasteiger partial charge in [-0.2, -0.15) is 0 Å². The second-order valence-electron chi connectivity index (χ2n) is 6.22. The summed E-state index contributed by atoms with van der Waals surface area (Å²) in [6.07, 6.45) is 2.16. The summed E-state index contributed by atoms with van der Waals surface area (Å²) in [4.78, 5) is 3.54. The van der Waals surface area contributed by atoms with Crippen LogP contribution in [-0.4, -0.2) is 4.68 Å². The highest BCUT2D eigenvalue weighted by Crippen LogP contribution is 2.34. The van der Waals surface area contributed by atoms with Gasteiger partial charge in [-0.15, -0.1) is 9.36 Å². The van der Waals surface area contributed by atoms with Crippen LogP contribution in [0.4, 0.5) is 5.69 Å². The fraction of sp³-hybridized carbons (Fsp3) is 0.263. The molecule has 0 radical (unpaired) electrons. The first-order valence-electron chi connectivity index (χ1n) is 7.55. The molecule has 0 atom stereocenters. The molecule has 0 fully saturated rings. The van der Waals surface area contributed by atoms with E-state index in [1.54, 1.807) is 0 Å². The molecule has 3 heteroatoms. The molecule has 0 amide bonds. The second-order valence-corrected chi connectivity index (χ2v) is 6.22. The van der Waals surface area contributed by atoms with Crippen LogP contribution >= 0.6 is 0 Å². The van der Waals surface area contributed by atoms with Gasteiger partial charge in [0, 0.05) is 0 Å². The number of benzene rings is 2. The number of hydrogen-bond donors (Lipinski definition) is 0. The highest BCUT2D eigenvalue weighted by Gasteiger charge is 2.32. The zero-order valence-corrected chi connectivity index (χ0v) is 13.4. The number of fused-ring (bicyclic) bond motifs is 5. The molecule has 3 nitrogen and oxygen atoms in total. The van der Waals surface area contributed by atoms with Gasteiger partial charge in [0.25, 0.3) is 0 Å². The predicted molar refractivity (Wildman–Crippen MR) is 87.8 cm³/mol. The largest absolute Gasteiger partial charge is 0.238 e. The summed E-state index contributed by atoms with van der Waals surface area (Å²) in [5.41, 5.74) is 10.2. The maximum Gasteiger partial charge on any atom is 0.203 e. The molecule has 0 saturated heterocycles. The highest BCUT2D eigenvalue weighted by atomic mass is 15.4. The highest BCUT2D eigenvalue weighted by molar-refractivity contribution is 5.84. The lowest BCUT2D eigenvalue weighted by molar-refractivity contribution is -0.749. The van der Waals surface area contributed by atoms with Crippen molar-refractivity contribution >= 4 is 16.6 Å². The molecule has 1 aromatic heterocycles. The fourth-order valence-electron chi connectivity index (χ4n) is 3.64. The van der Waals surface area contributed by atoms with Crippen LogP contribution in [0.1, 0.15) is 27.8 Å². The van der Waals surface area contributed by atoms with Crippen molar-refractivity contribution in [2.75, 3.05) is 0 Å². The molecule has 0 N–H and O–H groups in total. The SMILES string of the molecule is [C-]#[N+]c1ccc2c(c1)c[n+]1n2-c2c(C)c(C)c(C)c(C)c2C1. The Labute approximate surface area is 130 Å². The minimum Gasteiger partial charge on any atom is -0.238 e. The van der Waals surface area contributed by atoms with Gasteiger partial charge in [0.2, 0.25) is 6.20 Å². The van der Waals surface area contributed by atoms with E-state index in [1.807, 2.05) is 12.1 Å². The lowest BCUT2D eigenvalue weighted by atomic mass is 9.92. The van der Waals surface area contributed by atoms with Crippen LogP contribution in [0, 0.1) is 34.3 Å². The normalized spacial score (nSPS) is 12.3. The molecule has 0 saturated carbocycles. The number of rotatable bonds is 0. The molecule has 4 rings (SSSR count). The smallest absolute Gasteiger partial charge is 0.203 e. The van der Waals surface area contributed by atoms with Gasteiger partial charge in [0.05, 0.1) is 17.5 Å². The number of nitrogens with zero attached hydrogens (tertiary/aromatic N) is 3. The van der Waals surface area contributed by atoms with E-state index in [-0.39, 0.29) is 0 Å². The molecule has 0 aliphatic carbocycles. The molecule has 2 heterocycles. The minimum atomic E-state index is 0.700. The summed E-state index contributed by atoms with van der Waals surface area (Å²) < 4.78 is 4.58. The third kappa shape index (κ3) is 1.47. The van der Waals surface area contributed by atoms with E-state index in [9.17, 15) is 0 Å². The van der Waals surface area contributed by atoms with Crippen LogP contribution in [0.15, 0.2) is 24.4 Å². The molecule has 0 spiro atoms. The number of hydrogen-bond acceptors (Lipinski definition) is 0. The third-order valence-corrected chi connectivity index (χ3v) is 5.23. The van der Waals surface area contributed by atoms with Crippen molar-refractivity contribution in [2.45, 2.75) is 34.2 Å². The molecule has 0 bridgehead atoms. The summed E-state index contributed by atoms with van der Waals surface area (Å²) in [5.74, 6) is 0. The second kappa shape index (κ2) is 4.20. The summed E-state index contributed by atoms with van der Waals surface area (Å²) >= 11 is 0. The van der Waals surface area contributed by atoms with Crippen LogP contribution in [0.25, 0.3) is 21.4 Å². The Balaban J connectivity index is 2.11. The maximum atomic E-state index is 7.18. The van der Waals surface area contributed by atoms with Gasteiger partial charge in [-0.25, -0.2) is 4.85 Å². The van der Waals surface area contributed by atoms with Gasteiger partial charge in [-0.3, -0.25) is 0 Å². The van der Waals surface area contributed by atoms with Crippen LogP contribution < -0.4 is 4.68 Å². The molecular formula is C19H18N3+. The topological polar surface area (TPSA) is 13.2 Å². The van der Waals surface area contributed by atoms with Crippen molar-refractivity contribution in [2.24, 2.45) is 0 Å². The van der Waals surface area contributed by atoms with Gasteiger partial charge in [0.15, 0.2) is 12.2 Å². The summed E-state index contributed by atoms with van der Waals surface area (Å²) in [7, 11) is 0. The monoisotopic (exact) mass is 288 g/mol. The Hall–Kier alpha value is -2.60. The van der Waals surface area contributed by atoms with E-state index >= 15 is 0 Å². The standard InChI is InChI=1S/C19H18N3/c1-11-12(2)14(4)19-17(13(11)3)10-21-9-15-8-16(20-5)6-7-18(15)22(19)21/h6-9H,10H2,1-4H3/q+1. The predicted octanol–water partition coefficient (Wildman–Crippen LogP) is 4.06. The molecule has 1 aliphatic rings. The number of aromatic nitrogens is 2. The van der Waals surface area contributed by atoms with Crippen LogP contribution in [0.5, 0.6) is 0 Å². The minimum absolute atomic E-state index is 0.700. The van der Waals surface area contributed by atoms with Crippen molar-refractivity contribution in [1.29, 1.82) is 0 Å². The van der Waals surface area contributed by atoms with Gasteiger partial charge in [-0.05, 0) is 62.1 Å². The summed E-state index contributed by atoms with van der Waals surface area (Å²) in [6.45, 7) is 17.0. The van der Waals surface area contributed by atoms with Crippen molar-refractivity contribution in [3.8, 4) is 5.69 Å². The Kier molecular flexibility index (Phi) is 2.50. The van der Waals surface area contributed by atoms with Gasteiger partial charge in [-0.1, -0.05) is 6.07 Å². The van der Waals surface area contributed by atoms with Crippen molar-refractivity contribution in [3.63, 3.8) is 0 Å². The molecule has 108 valence electrons. The Morgan fingerprint density at radius 2 is 1.77 bits per heavy atom. The van der Waals surface area contributed by atoms with E-state index in [2.05, 4.69) is 54.2 Å². The Morgan fingerprint density at radius 1 is 1.05 bits per heavy atom. The average Bonchev–Trinajstić information content (AvgIpc) is 3.05. The zero-order valence-electron chi connectivity index (χ0n) is 13.4. The molecule has 3 aromatic rings. The lowest BCUT2D eigenvalue weighted by Gasteiger charge is -2.13. The molecular weight excluding hydrogens is 270 g/mol. The van der Waals surface area contributed by atoms with Gasteiger partial charge < -0.3 is 0 Å². The van der Waals surface area contributed by atoms with E-state index < -0.39 is 0 Å². The van der Waals surface area contributed by atoms with Crippen LogP contribution in [-0.2, 0) is 6.54 Å². The Bertz CT molecular complexity index is 1000. The van der Waals surface area contributed by atoms with E-state index in [1.165, 1.54) is 39.0 Å². The van der Waals surface area contributed by atoms with Gasteiger partial charge >= 0.3 is 0 Å². The maximum absolute atomic E-state index is 7.18. The van der Waals surface area contributed by atoms with Crippen molar-refractivity contribution in [3.05, 3.63) is 63.6 Å². The molecule has 22 heavy (non-hydrogen) atoms. The first kappa shape index (κ1) is 13.1. The first-order valence-corrected chi connectivity index (χ1v) is 7.55. The van der Waals surface area contributed by atoms with Gasteiger partial charge in [0.1, 0.15) is 11.2 Å². The quantitative estimate of drug-likeness (QED) is 0.342. The van der Waals surface area contributed by atoms with Crippen molar-refractivity contribution in [1.82, 2.24) is 4.68 Å². The zero-order chi connectivity index (χ0) is 15.6. The molecule has 1 aliphatic heterocycles. The average molecular weight is 288 g/mol. The first-order chi connectivity index (χ1) is 10.5. The van der Waals surface area contributed by atoms with Crippen LogP contribution in [0.2, 0.25) is 0 Å². The van der Waals surface area contributed by atoms with E-state index in [4.69, 9.17) is 6.57 Å². The van der Waals surface area contributed by atoms with E-state index in [0.29, 0.717) is 5.69 Å². The Morgan fingerprint density at radius 3 is 2.50 bits per heavy atom. The third-order valence-electron chi connectivity index (χ3n) is 5.23.